The molecule has 0 aliphatic carbocycles. The van der Waals surface area contributed by atoms with Crippen molar-refractivity contribution in [2.45, 2.75) is 26.8 Å². The average Bonchev–Trinajstić information content (AvgIpc) is 2.55. The summed E-state index contributed by atoms with van der Waals surface area (Å²) < 4.78 is 1.63. The zero-order chi connectivity index (χ0) is 11.0. The van der Waals surface area contributed by atoms with Crippen molar-refractivity contribution in [2.75, 3.05) is 0 Å². The van der Waals surface area contributed by atoms with Crippen molar-refractivity contribution in [2.24, 2.45) is 0 Å². The van der Waals surface area contributed by atoms with Gasteiger partial charge in [-0.15, -0.1) is 0 Å². The topological polar surface area (TPSA) is 83.5 Å². The first-order chi connectivity index (χ1) is 7.17. The van der Waals surface area contributed by atoms with Crippen LogP contribution in [-0.2, 0) is 13.0 Å². The van der Waals surface area contributed by atoms with E-state index in [4.69, 9.17) is 0 Å². The van der Waals surface area contributed by atoms with E-state index in [9.17, 15) is 9.59 Å². The number of H-pyrrole nitrogens is 2. The van der Waals surface area contributed by atoms with Gasteiger partial charge in [0, 0.05) is 6.54 Å². The third-order valence-electron chi connectivity index (χ3n) is 2.35. The van der Waals surface area contributed by atoms with Crippen LogP contribution in [0.2, 0.25) is 0 Å². The summed E-state index contributed by atoms with van der Waals surface area (Å²) in [6.45, 7) is 4.45. The van der Waals surface area contributed by atoms with Gasteiger partial charge in [-0.05, 0) is 13.3 Å². The number of hydrogen-bond donors (Lipinski definition) is 2. The molecule has 80 valence electrons. The molecule has 2 aromatic heterocycles. The van der Waals surface area contributed by atoms with Crippen LogP contribution in [0.1, 0.15) is 19.5 Å². The van der Waals surface area contributed by atoms with Crippen LogP contribution in [0.15, 0.2) is 9.59 Å². The molecule has 0 saturated heterocycles. The minimum Gasteiger partial charge on any atom is -0.292 e. The van der Waals surface area contributed by atoms with Gasteiger partial charge in [-0.1, -0.05) is 6.92 Å². The fourth-order valence-corrected chi connectivity index (χ4v) is 1.66. The number of fused-ring (bicyclic) bond motifs is 1. The molecule has 0 atom stereocenters. The van der Waals surface area contributed by atoms with Crippen molar-refractivity contribution in [3.05, 3.63) is 26.5 Å². The second-order valence-electron chi connectivity index (χ2n) is 3.25. The molecule has 0 aliphatic heterocycles. The fourth-order valence-electron chi connectivity index (χ4n) is 1.66. The Labute approximate surface area is 84.9 Å². The van der Waals surface area contributed by atoms with Gasteiger partial charge in [0.25, 0.3) is 5.56 Å². The lowest BCUT2D eigenvalue weighted by Crippen LogP contribution is -2.22. The minimum absolute atomic E-state index is 0.370. The smallest absolute Gasteiger partial charge is 0.292 e. The Morgan fingerprint density at radius 3 is 2.60 bits per heavy atom. The Balaban J connectivity index is 2.98. The SMILES string of the molecule is CCc1nn(CC)c2[nH]c(=O)[nH]c(=O)c12. The van der Waals surface area contributed by atoms with Gasteiger partial charge < -0.3 is 0 Å². The molecule has 2 heterocycles. The average molecular weight is 208 g/mol. The second-order valence-corrected chi connectivity index (χ2v) is 3.25. The van der Waals surface area contributed by atoms with Crippen LogP contribution in [0.3, 0.4) is 0 Å². The summed E-state index contributed by atoms with van der Waals surface area (Å²) in [4.78, 5) is 27.5. The molecular formula is C9H12N4O2. The molecule has 6 heteroatoms. The number of aryl methyl sites for hydroxylation is 2. The third-order valence-corrected chi connectivity index (χ3v) is 2.35. The lowest BCUT2D eigenvalue weighted by atomic mass is 10.2. The Morgan fingerprint density at radius 1 is 1.27 bits per heavy atom. The normalized spacial score (nSPS) is 11.1. The van der Waals surface area contributed by atoms with E-state index in [0.29, 0.717) is 29.7 Å². The van der Waals surface area contributed by atoms with Gasteiger partial charge >= 0.3 is 5.69 Å². The first-order valence-electron chi connectivity index (χ1n) is 4.89. The van der Waals surface area contributed by atoms with Gasteiger partial charge in [-0.3, -0.25) is 14.8 Å². The number of aromatic nitrogens is 4. The van der Waals surface area contributed by atoms with Gasteiger partial charge in [0.15, 0.2) is 0 Å². The second kappa shape index (κ2) is 3.38. The van der Waals surface area contributed by atoms with Gasteiger partial charge in [0.2, 0.25) is 0 Å². The third kappa shape index (κ3) is 1.38. The Morgan fingerprint density at radius 2 is 2.00 bits per heavy atom. The number of nitrogens with one attached hydrogen (secondary N) is 2. The molecule has 2 N–H and O–H groups in total. The van der Waals surface area contributed by atoms with Crippen LogP contribution in [0, 0.1) is 0 Å². The summed E-state index contributed by atoms with van der Waals surface area (Å²) in [6.07, 6.45) is 0.665. The number of hydrogen-bond acceptors (Lipinski definition) is 3. The fraction of sp³-hybridized carbons (Fsp3) is 0.444. The summed E-state index contributed by atoms with van der Waals surface area (Å²) in [5, 5.41) is 4.74. The summed E-state index contributed by atoms with van der Waals surface area (Å²) in [7, 11) is 0. The molecule has 0 spiro atoms. The number of nitrogens with zero attached hydrogens (tertiary/aromatic N) is 2. The molecule has 15 heavy (non-hydrogen) atoms. The highest BCUT2D eigenvalue weighted by atomic mass is 16.2. The summed E-state index contributed by atoms with van der Waals surface area (Å²) in [6, 6.07) is 0. The van der Waals surface area contributed by atoms with Crippen LogP contribution in [0.5, 0.6) is 0 Å². The van der Waals surface area contributed by atoms with E-state index in [1.54, 1.807) is 4.68 Å². The molecule has 0 aliphatic rings. The first kappa shape index (κ1) is 9.70. The summed E-state index contributed by atoms with van der Waals surface area (Å²) in [5.74, 6) is 0. The molecule has 0 amide bonds. The molecule has 0 radical (unpaired) electrons. The van der Waals surface area contributed by atoms with Crippen molar-refractivity contribution >= 4 is 11.0 Å². The van der Waals surface area contributed by atoms with E-state index in [0.717, 1.165) is 0 Å². The van der Waals surface area contributed by atoms with Gasteiger partial charge in [-0.25, -0.2) is 9.48 Å². The maximum atomic E-state index is 11.6. The van der Waals surface area contributed by atoms with E-state index >= 15 is 0 Å². The van der Waals surface area contributed by atoms with Gasteiger partial charge in [-0.2, -0.15) is 5.10 Å². The monoisotopic (exact) mass is 208 g/mol. The predicted molar refractivity (Wildman–Crippen MR) is 56.0 cm³/mol. The number of rotatable bonds is 2. The first-order valence-corrected chi connectivity index (χ1v) is 4.89. The highest BCUT2D eigenvalue weighted by Crippen LogP contribution is 2.10. The molecule has 0 saturated carbocycles. The maximum absolute atomic E-state index is 11.6. The summed E-state index contributed by atoms with van der Waals surface area (Å²) >= 11 is 0. The van der Waals surface area contributed by atoms with Crippen LogP contribution >= 0.6 is 0 Å². The lowest BCUT2D eigenvalue weighted by molar-refractivity contribution is 0.662. The van der Waals surface area contributed by atoms with Crippen LogP contribution < -0.4 is 11.2 Å². The number of aromatic amines is 2. The van der Waals surface area contributed by atoms with E-state index in [2.05, 4.69) is 15.1 Å². The van der Waals surface area contributed by atoms with Crippen molar-refractivity contribution in [3.8, 4) is 0 Å². The predicted octanol–water partition coefficient (Wildman–Crippen LogP) is -0.00480. The molecule has 6 nitrogen and oxygen atoms in total. The molecule has 2 aromatic rings. The molecular weight excluding hydrogens is 196 g/mol. The van der Waals surface area contributed by atoms with Gasteiger partial charge in [0.05, 0.1) is 5.69 Å². The van der Waals surface area contributed by atoms with E-state index < -0.39 is 5.69 Å². The van der Waals surface area contributed by atoms with Gasteiger partial charge in [0.1, 0.15) is 11.0 Å². The zero-order valence-electron chi connectivity index (χ0n) is 8.63. The Kier molecular flexibility index (Phi) is 2.18. The van der Waals surface area contributed by atoms with Crippen LogP contribution in [0.25, 0.3) is 11.0 Å². The largest absolute Gasteiger partial charge is 0.327 e. The van der Waals surface area contributed by atoms with Crippen LogP contribution in [0.4, 0.5) is 0 Å². The van der Waals surface area contributed by atoms with Crippen molar-refractivity contribution < 1.29 is 0 Å². The highest BCUT2D eigenvalue weighted by Gasteiger charge is 2.12. The standard InChI is InChI=1S/C9H12N4O2/c1-3-5-6-7(13(4-2)12-5)10-9(15)11-8(6)14/h3-4H2,1-2H3,(H2,10,11,14,15). The van der Waals surface area contributed by atoms with Crippen molar-refractivity contribution in [1.29, 1.82) is 0 Å². The minimum atomic E-state index is -0.496. The quantitative estimate of drug-likeness (QED) is 0.728. The molecule has 0 bridgehead atoms. The zero-order valence-corrected chi connectivity index (χ0v) is 8.63. The lowest BCUT2D eigenvalue weighted by Gasteiger charge is -1.95. The van der Waals surface area contributed by atoms with E-state index in [1.807, 2.05) is 13.8 Å². The molecule has 0 unspecified atom stereocenters. The maximum Gasteiger partial charge on any atom is 0.327 e. The highest BCUT2D eigenvalue weighted by molar-refractivity contribution is 5.76. The Hall–Kier alpha value is -1.85. The van der Waals surface area contributed by atoms with Crippen molar-refractivity contribution in [1.82, 2.24) is 19.7 Å². The molecule has 0 aromatic carbocycles. The van der Waals surface area contributed by atoms with Crippen molar-refractivity contribution in [3.63, 3.8) is 0 Å². The van der Waals surface area contributed by atoms with E-state index in [-0.39, 0.29) is 5.56 Å². The summed E-state index contributed by atoms with van der Waals surface area (Å²) in [5.41, 5.74) is 0.350. The molecule has 2 rings (SSSR count). The Bertz CT molecular complexity index is 605. The van der Waals surface area contributed by atoms with Crippen LogP contribution in [-0.4, -0.2) is 19.7 Å². The van der Waals surface area contributed by atoms with E-state index in [1.165, 1.54) is 0 Å². The molecule has 0 fully saturated rings.